The minimum atomic E-state index is -0.595. The molecule has 1 N–H and O–H groups in total. The van der Waals surface area contributed by atoms with Gasteiger partial charge in [0.1, 0.15) is 0 Å². The Hall–Kier alpha value is -2.59. The van der Waals surface area contributed by atoms with E-state index < -0.39 is 10.8 Å². The van der Waals surface area contributed by atoms with E-state index >= 15 is 0 Å². The molecule has 1 heterocycles. The zero-order chi connectivity index (χ0) is 19.3. The number of unbranched alkanes of at least 4 members (excludes halogenated alkanes) is 1. The predicted molar refractivity (Wildman–Crippen MR) is 102 cm³/mol. The number of carbonyl (C=O) groups excluding carboxylic acids is 1. The van der Waals surface area contributed by atoms with Crippen LogP contribution in [-0.2, 0) is 4.79 Å². The Kier molecular flexibility index (Phi) is 6.58. The van der Waals surface area contributed by atoms with E-state index in [1.54, 1.807) is 30.8 Å². The predicted octanol–water partition coefficient (Wildman–Crippen LogP) is 4.41. The largest absolute Gasteiger partial charge is 0.353 e. The molecule has 0 radical (unpaired) electrons. The lowest BCUT2D eigenvalue weighted by molar-refractivity contribution is -0.384. The fourth-order valence-corrected chi connectivity index (χ4v) is 4.14. The first-order valence-corrected chi connectivity index (χ1v) is 9.39. The average molecular weight is 371 g/mol. The number of ketones is 1. The van der Waals surface area contributed by atoms with Crippen LogP contribution in [0.1, 0.15) is 45.1 Å². The maximum absolute atomic E-state index is 12.3. The van der Waals surface area contributed by atoms with Gasteiger partial charge >= 0.3 is 0 Å². The molecule has 1 aromatic rings. The average Bonchev–Trinajstić information content (AvgIpc) is 2.61. The molecule has 0 saturated heterocycles. The van der Waals surface area contributed by atoms with E-state index in [2.05, 4.69) is 18.3 Å². The van der Waals surface area contributed by atoms with Gasteiger partial charge in [0.25, 0.3) is 5.69 Å². The summed E-state index contributed by atoms with van der Waals surface area (Å²) in [4.78, 5) is 22.9. The summed E-state index contributed by atoms with van der Waals surface area (Å²) in [6.45, 7) is 5.35. The molecule has 1 aromatic carbocycles. The molecule has 2 rings (SSSR count). The van der Waals surface area contributed by atoms with Crippen molar-refractivity contribution in [2.45, 2.75) is 39.5 Å². The van der Waals surface area contributed by atoms with E-state index in [9.17, 15) is 20.2 Å². The van der Waals surface area contributed by atoms with Crippen LogP contribution in [0.2, 0.25) is 0 Å². The van der Waals surface area contributed by atoms with E-state index in [4.69, 9.17) is 0 Å². The molecule has 0 bridgehead atoms. The number of carbonyl (C=O) groups is 1. The van der Waals surface area contributed by atoms with Crippen LogP contribution in [0.15, 0.2) is 46.1 Å². The van der Waals surface area contributed by atoms with E-state index in [0.29, 0.717) is 22.4 Å². The molecule has 0 aliphatic carbocycles. The molecule has 0 amide bonds. The number of nitro benzene ring substituents is 1. The van der Waals surface area contributed by atoms with Gasteiger partial charge < -0.3 is 5.32 Å². The van der Waals surface area contributed by atoms with Gasteiger partial charge in [-0.15, -0.1) is 11.8 Å². The zero-order valence-electron chi connectivity index (χ0n) is 15.0. The molecule has 1 atom stereocenters. The molecule has 0 fully saturated rings. The summed E-state index contributed by atoms with van der Waals surface area (Å²) in [6.07, 6.45) is 2.06. The maximum atomic E-state index is 12.3. The number of nitriles is 1. The first-order chi connectivity index (χ1) is 12.4. The summed E-state index contributed by atoms with van der Waals surface area (Å²) < 4.78 is 0. The third-order valence-electron chi connectivity index (χ3n) is 4.19. The lowest BCUT2D eigenvalue weighted by atomic mass is 9.81. The van der Waals surface area contributed by atoms with Gasteiger partial charge in [0.2, 0.25) is 0 Å². The number of thioether (sulfide) groups is 1. The fraction of sp³-hybridized carbons (Fsp3) is 0.368. The van der Waals surface area contributed by atoms with Crippen LogP contribution in [-0.4, -0.2) is 16.5 Å². The summed E-state index contributed by atoms with van der Waals surface area (Å²) in [5.74, 6) is 0.105. The van der Waals surface area contributed by atoms with Crippen molar-refractivity contribution < 1.29 is 9.72 Å². The number of nitrogens with zero attached hydrogens (tertiary/aromatic N) is 2. The Morgan fingerprint density at radius 3 is 2.77 bits per heavy atom. The highest BCUT2D eigenvalue weighted by Gasteiger charge is 2.33. The number of non-ortho nitro benzene ring substituents is 1. The van der Waals surface area contributed by atoms with E-state index in [1.165, 1.54) is 19.1 Å². The molecule has 0 spiro atoms. The highest BCUT2D eigenvalue weighted by Crippen LogP contribution is 2.41. The summed E-state index contributed by atoms with van der Waals surface area (Å²) >= 11 is 1.55. The number of hydrogen-bond donors (Lipinski definition) is 1. The second-order valence-corrected chi connectivity index (χ2v) is 7.17. The van der Waals surface area contributed by atoms with Crippen molar-refractivity contribution in [3.8, 4) is 6.07 Å². The van der Waals surface area contributed by atoms with Crippen molar-refractivity contribution in [2.75, 3.05) is 5.75 Å². The summed E-state index contributed by atoms with van der Waals surface area (Å²) in [7, 11) is 0. The first kappa shape index (κ1) is 19.7. The van der Waals surface area contributed by atoms with Crippen LogP contribution in [0, 0.1) is 21.4 Å². The maximum Gasteiger partial charge on any atom is 0.269 e. The number of allylic oxidation sites excluding steroid dienone is 3. The lowest BCUT2D eigenvalue weighted by Crippen LogP contribution is -2.27. The zero-order valence-corrected chi connectivity index (χ0v) is 15.9. The Bertz CT molecular complexity index is 837. The van der Waals surface area contributed by atoms with Crippen molar-refractivity contribution in [3.05, 3.63) is 61.8 Å². The molecule has 6 nitrogen and oxygen atoms in total. The van der Waals surface area contributed by atoms with Gasteiger partial charge in [-0.3, -0.25) is 14.9 Å². The fourth-order valence-electron chi connectivity index (χ4n) is 2.96. The number of dihydropyridines is 1. The van der Waals surface area contributed by atoms with Gasteiger partial charge in [0, 0.05) is 23.4 Å². The van der Waals surface area contributed by atoms with Gasteiger partial charge in [0.05, 0.1) is 27.5 Å². The quantitative estimate of drug-likeness (QED) is 0.433. The number of benzene rings is 1. The van der Waals surface area contributed by atoms with E-state index in [-0.39, 0.29) is 11.5 Å². The van der Waals surface area contributed by atoms with E-state index in [1.807, 2.05) is 0 Å². The summed E-state index contributed by atoms with van der Waals surface area (Å²) in [6, 6.07) is 8.38. The van der Waals surface area contributed by atoms with Crippen molar-refractivity contribution >= 4 is 23.2 Å². The van der Waals surface area contributed by atoms with Gasteiger partial charge in [-0.1, -0.05) is 25.5 Å². The molecule has 26 heavy (non-hydrogen) atoms. The highest BCUT2D eigenvalue weighted by atomic mass is 32.2. The normalized spacial score (nSPS) is 16.9. The van der Waals surface area contributed by atoms with Crippen LogP contribution < -0.4 is 5.32 Å². The van der Waals surface area contributed by atoms with Crippen molar-refractivity contribution in [3.63, 3.8) is 0 Å². The minimum Gasteiger partial charge on any atom is -0.353 e. The topological polar surface area (TPSA) is 96.0 Å². The standard InChI is InChI=1S/C19H21N3O3S/c1-4-5-9-26-19-16(11-20)18(17(13(3)23)12(2)21-19)14-7-6-8-15(10-14)22(24)25/h6-8,10,18,21H,4-5,9H2,1-3H3/t18-/m1/s1. The molecule has 136 valence electrons. The van der Waals surface area contributed by atoms with Crippen LogP contribution in [0.4, 0.5) is 5.69 Å². The van der Waals surface area contributed by atoms with Crippen LogP contribution in [0.5, 0.6) is 0 Å². The molecule has 0 aromatic heterocycles. The number of nitro groups is 1. The van der Waals surface area contributed by atoms with Crippen molar-refractivity contribution in [1.82, 2.24) is 5.32 Å². The molecule has 1 aliphatic heterocycles. The number of nitrogens with one attached hydrogen (secondary N) is 1. The highest BCUT2D eigenvalue weighted by molar-refractivity contribution is 8.03. The van der Waals surface area contributed by atoms with Crippen LogP contribution in [0.25, 0.3) is 0 Å². The lowest BCUT2D eigenvalue weighted by Gasteiger charge is -2.29. The Morgan fingerprint density at radius 2 is 2.19 bits per heavy atom. The number of rotatable bonds is 7. The third-order valence-corrected chi connectivity index (χ3v) is 5.29. The van der Waals surface area contributed by atoms with Crippen LogP contribution in [0.3, 0.4) is 0 Å². The van der Waals surface area contributed by atoms with Gasteiger partial charge in [-0.25, -0.2) is 0 Å². The third kappa shape index (κ3) is 4.14. The van der Waals surface area contributed by atoms with Crippen LogP contribution >= 0.6 is 11.8 Å². The molecule has 7 heteroatoms. The second-order valence-electron chi connectivity index (χ2n) is 6.06. The Balaban J connectivity index is 2.59. The molecular weight excluding hydrogens is 350 g/mol. The minimum absolute atomic E-state index is 0.0564. The molecule has 0 unspecified atom stereocenters. The smallest absolute Gasteiger partial charge is 0.269 e. The monoisotopic (exact) mass is 371 g/mol. The SMILES string of the molecule is CCCCSC1=C(C#N)[C@@H](c2cccc([N+](=O)[O-])c2)C(C(C)=O)=C(C)N1. The second kappa shape index (κ2) is 8.68. The molecule has 1 aliphatic rings. The number of hydrogen-bond acceptors (Lipinski definition) is 6. The molecule has 0 saturated carbocycles. The summed E-state index contributed by atoms with van der Waals surface area (Å²) in [5.41, 5.74) is 2.12. The summed E-state index contributed by atoms with van der Waals surface area (Å²) in [5, 5.41) is 24.8. The van der Waals surface area contributed by atoms with Gasteiger partial charge in [-0.2, -0.15) is 5.26 Å². The first-order valence-electron chi connectivity index (χ1n) is 8.40. The Morgan fingerprint density at radius 1 is 1.46 bits per heavy atom. The van der Waals surface area contributed by atoms with E-state index in [0.717, 1.165) is 23.6 Å². The Labute approximate surface area is 157 Å². The van der Waals surface area contributed by atoms with Crippen molar-refractivity contribution in [1.29, 1.82) is 5.26 Å². The van der Waals surface area contributed by atoms with Gasteiger partial charge in [0.15, 0.2) is 5.78 Å². The number of Topliss-reactive ketones (excluding diaryl/α,β-unsaturated/α-hetero) is 1. The van der Waals surface area contributed by atoms with Gasteiger partial charge in [-0.05, 0) is 31.6 Å². The van der Waals surface area contributed by atoms with Crippen molar-refractivity contribution in [2.24, 2.45) is 0 Å². The molecular formula is C19H21N3O3S.